The molecule has 0 radical (unpaired) electrons. The van der Waals surface area contributed by atoms with E-state index in [0.29, 0.717) is 17.3 Å². The summed E-state index contributed by atoms with van der Waals surface area (Å²) in [6, 6.07) is 4.56. The molecule has 0 spiro atoms. The minimum absolute atomic E-state index is 0.0507. The standard InChI is InChI=1S/C18H21F3N2O2S2/c1-2-14-16(25)23(17(26)27-14)10-5-3-4-9-15(24)22-13-8-6-7-12(11-13)18(19,20)21/h6-8,11,14H,2-5,9-10H2,1H3,(H,22,24). The lowest BCUT2D eigenvalue weighted by atomic mass is 10.1. The summed E-state index contributed by atoms with van der Waals surface area (Å²) in [6.45, 7) is 2.49. The van der Waals surface area contributed by atoms with Gasteiger partial charge in [-0.1, -0.05) is 43.4 Å². The molecule has 2 amide bonds. The van der Waals surface area contributed by atoms with Crippen molar-refractivity contribution < 1.29 is 22.8 Å². The molecule has 0 saturated carbocycles. The summed E-state index contributed by atoms with van der Waals surface area (Å²) in [5.74, 6) is -0.279. The molecule has 1 aliphatic heterocycles. The average molecular weight is 419 g/mol. The highest BCUT2D eigenvalue weighted by molar-refractivity contribution is 8.24. The van der Waals surface area contributed by atoms with Crippen molar-refractivity contribution in [3.8, 4) is 0 Å². The van der Waals surface area contributed by atoms with E-state index in [1.807, 2.05) is 6.92 Å². The fourth-order valence-electron chi connectivity index (χ4n) is 2.69. The lowest BCUT2D eigenvalue weighted by Crippen LogP contribution is -2.32. The van der Waals surface area contributed by atoms with Crippen LogP contribution in [0.1, 0.15) is 44.6 Å². The van der Waals surface area contributed by atoms with Gasteiger partial charge >= 0.3 is 6.18 Å². The van der Waals surface area contributed by atoms with Crippen molar-refractivity contribution in [1.82, 2.24) is 4.90 Å². The molecule has 0 aliphatic carbocycles. The molecular formula is C18H21F3N2O2S2. The lowest BCUT2D eigenvalue weighted by molar-refractivity contribution is -0.137. The van der Waals surface area contributed by atoms with Crippen molar-refractivity contribution in [2.45, 2.75) is 50.5 Å². The van der Waals surface area contributed by atoms with Crippen LogP contribution in [-0.4, -0.2) is 32.8 Å². The number of rotatable bonds is 8. The molecule has 9 heteroatoms. The van der Waals surface area contributed by atoms with Crippen LogP contribution in [0.25, 0.3) is 0 Å². The second kappa shape index (κ2) is 9.54. The molecule has 1 atom stereocenters. The Morgan fingerprint density at radius 2 is 2.04 bits per heavy atom. The van der Waals surface area contributed by atoms with E-state index in [0.717, 1.165) is 31.4 Å². The molecule has 1 fully saturated rings. The minimum atomic E-state index is -4.44. The van der Waals surface area contributed by atoms with E-state index in [9.17, 15) is 22.8 Å². The van der Waals surface area contributed by atoms with Gasteiger partial charge in [-0.05, 0) is 37.5 Å². The fourth-order valence-corrected chi connectivity index (χ4v) is 4.16. The number of benzene rings is 1. The smallest absolute Gasteiger partial charge is 0.326 e. The number of amides is 2. The van der Waals surface area contributed by atoms with Gasteiger partial charge in [0, 0.05) is 18.7 Å². The molecule has 1 saturated heterocycles. The van der Waals surface area contributed by atoms with Gasteiger partial charge in [-0.25, -0.2) is 0 Å². The number of thioether (sulfide) groups is 1. The van der Waals surface area contributed by atoms with Crippen molar-refractivity contribution in [3.05, 3.63) is 29.8 Å². The third kappa shape index (κ3) is 6.21. The zero-order chi connectivity index (χ0) is 20.0. The summed E-state index contributed by atoms with van der Waals surface area (Å²) in [5.41, 5.74) is -0.666. The molecule has 1 unspecified atom stereocenters. The Kier molecular flexibility index (Phi) is 7.67. The van der Waals surface area contributed by atoms with E-state index >= 15 is 0 Å². The van der Waals surface area contributed by atoms with Crippen LogP contribution in [-0.2, 0) is 15.8 Å². The SMILES string of the molecule is CCC1SC(=S)N(CCCCCC(=O)Nc2cccc(C(F)(F)F)c2)C1=O. The minimum Gasteiger partial charge on any atom is -0.326 e. The summed E-state index contributed by atoms with van der Waals surface area (Å²) in [6.07, 6.45) is -1.45. The molecule has 0 aromatic heterocycles. The van der Waals surface area contributed by atoms with Gasteiger partial charge in [0.25, 0.3) is 0 Å². The highest BCUT2D eigenvalue weighted by Gasteiger charge is 2.35. The van der Waals surface area contributed by atoms with E-state index < -0.39 is 11.7 Å². The fraction of sp³-hybridized carbons (Fsp3) is 0.500. The van der Waals surface area contributed by atoms with Crippen molar-refractivity contribution in [3.63, 3.8) is 0 Å². The van der Waals surface area contributed by atoms with Gasteiger partial charge in [0.05, 0.1) is 10.8 Å². The molecule has 0 bridgehead atoms. The van der Waals surface area contributed by atoms with Gasteiger partial charge in [-0.3, -0.25) is 14.5 Å². The number of hydrogen-bond donors (Lipinski definition) is 1. The van der Waals surface area contributed by atoms with Crippen molar-refractivity contribution in [1.29, 1.82) is 0 Å². The molecule has 2 rings (SSSR count). The maximum absolute atomic E-state index is 12.7. The van der Waals surface area contributed by atoms with E-state index in [1.54, 1.807) is 4.90 Å². The first-order chi connectivity index (χ1) is 12.7. The zero-order valence-electron chi connectivity index (χ0n) is 14.8. The largest absolute Gasteiger partial charge is 0.416 e. The topological polar surface area (TPSA) is 49.4 Å². The first kappa shape index (κ1) is 21.7. The number of unbranched alkanes of at least 4 members (excludes halogenated alkanes) is 2. The molecule has 1 heterocycles. The van der Waals surface area contributed by atoms with Crippen LogP contribution in [0.2, 0.25) is 0 Å². The predicted octanol–water partition coefficient (Wildman–Crippen LogP) is 4.84. The van der Waals surface area contributed by atoms with Gasteiger partial charge in [-0.2, -0.15) is 13.2 Å². The quantitative estimate of drug-likeness (QED) is 0.485. The maximum Gasteiger partial charge on any atom is 0.416 e. The summed E-state index contributed by atoms with van der Waals surface area (Å²) < 4.78 is 38.6. The zero-order valence-corrected chi connectivity index (χ0v) is 16.5. The lowest BCUT2D eigenvalue weighted by Gasteiger charge is -2.15. The second-order valence-corrected chi connectivity index (χ2v) is 8.04. The van der Waals surface area contributed by atoms with Crippen LogP contribution >= 0.6 is 24.0 Å². The van der Waals surface area contributed by atoms with E-state index in [2.05, 4.69) is 5.32 Å². The summed E-state index contributed by atoms with van der Waals surface area (Å²) in [5, 5.41) is 2.40. The Morgan fingerprint density at radius 3 is 2.67 bits per heavy atom. The van der Waals surface area contributed by atoms with Gasteiger partial charge in [0.1, 0.15) is 4.32 Å². The number of nitrogens with one attached hydrogen (secondary N) is 1. The molecule has 148 valence electrons. The summed E-state index contributed by atoms with van der Waals surface area (Å²) >= 11 is 6.63. The van der Waals surface area contributed by atoms with Crippen LogP contribution in [0.4, 0.5) is 18.9 Å². The van der Waals surface area contributed by atoms with Gasteiger partial charge in [-0.15, -0.1) is 0 Å². The average Bonchev–Trinajstić information content (AvgIpc) is 2.88. The van der Waals surface area contributed by atoms with Crippen molar-refractivity contribution in [2.75, 3.05) is 11.9 Å². The van der Waals surface area contributed by atoms with E-state index in [-0.39, 0.29) is 29.2 Å². The third-order valence-electron chi connectivity index (χ3n) is 4.13. The molecule has 1 aliphatic rings. The van der Waals surface area contributed by atoms with Crippen LogP contribution in [0, 0.1) is 0 Å². The van der Waals surface area contributed by atoms with Crippen LogP contribution in [0.5, 0.6) is 0 Å². The van der Waals surface area contributed by atoms with Crippen LogP contribution in [0.3, 0.4) is 0 Å². The molecule has 1 N–H and O–H groups in total. The van der Waals surface area contributed by atoms with Crippen LogP contribution in [0.15, 0.2) is 24.3 Å². The normalized spacial score (nSPS) is 17.5. The molecule has 1 aromatic carbocycles. The highest BCUT2D eigenvalue weighted by Crippen LogP contribution is 2.31. The van der Waals surface area contributed by atoms with Gasteiger partial charge < -0.3 is 5.32 Å². The van der Waals surface area contributed by atoms with Gasteiger partial charge in [0.15, 0.2) is 0 Å². The Morgan fingerprint density at radius 1 is 1.30 bits per heavy atom. The second-order valence-electron chi connectivity index (χ2n) is 6.21. The van der Waals surface area contributed by atoms with Crippen LogP contribution < -0.4 is 5.32 Å². The van der Waals surface area contributed by atoms with E-state index in [4.69, 9.17) is 12.2 Å². The number of anilines is 1. The Hall–Kier alpha value is -1.61. The third-order valence-corrected chi connectivity index (χ3v) is 5.89. The first-order valence-corrected chi connectivity index (χ1v) is 10.00. The number of halogens is 3. The Balaban J connectivity index is 1.70. The monoisotopic (exact) mass is 418 g/mol. The number of alkyl halides is 3. The molecule has 1 aromatic rings. The predicted molar refractivity (Wildman–Crippen MR) is 105 cm³/mol. The molecular weight excluding hydrogens is 397 g/mol. The molecule has 27 heavy (non-hydrogen) atoms. The van der Waals surface area contributed by atoms with Gasteiger partial charge in [0.2, 0.25) is 11.8 Å². The number of thiocarbonyl (C=S) groups is 1. The Labute approximate surface area is 165 Å². The number of carbonyl (C=O) groups is 2. The maximum atomic E-state index is 12.7. The van der Waals surface area contributed by atoms with Crippen molar-refractivity contribution >= 4 is 45.8 Å². The number of carbonyl (C=O) groups excluding carboxylic acids is 2. The highest BCUT2D eigenvalue weighted by atomic mass is 32.2. The summed E-state index contributed by atoms with van der Waals surface area (Å²) in [7, 11) is 0. The number of nitrogens with zero attached hydrogens (tertiary/aromatic N) is 1. The molecule has 4 nitrogen and oxygen atoms in total. The van der Waals surface area contributed by atoms with Crippen molar-refractivity contribution in [2.24, 2.45) is 0 Å². The number of hydrogen-bond acceptors (Lipinski definition) is 4. The Bertz CT molecular complexity index is 710. The first-order valence-electron chi connectivity index (χ1n) is 8.71. The summed E-state index contributed by atoms with van der Waals surface area (Å²) in [4.78, 5) is 25.6. The van der Waals surface area contributed by atoms with E-state index in [1.165, 1.54) is 23.9 Å².